The number of hydrogen-bond donors (Lipinski definition) is 2. The third-order valence-corrected chi connectivity index (χ3v) is 6.17. The molecule has 0 bridgehead atoms. The summed E-state index contributed by atoms with van der Waals surface area (Å²) in [5, 5.41) is 6.17. The van der Waals surface area contributed by atoms with E-state index in [4.69, 9.17) is 0 Å². The Morgan fingerprint density at radius 1 is 1.30 bits per heavy atom. The molecule has 0 aromatic rings. The fourth-order valence-corrected chi connectivity index (χ4v) is 4.50. The van der Waals surface area contributed by atoms with Gasteiger partial charge in [-0.3, -0.25) is 4.79 Å². The Labute approximate surface area is 121 Å². The van der Waals surface area contributed by atoms with E-state index in [0.717, 1.165) is 25.7 Å². The summed E-state index contributed by atoms with van der Waals surface area (Å²) in [5.41, 5.74) is 0.389. The molecule has 1 saturated carbocycles. The van der Waals surface area contributed by atoms with Crippen LogP contribution in [0.2, 0.25) is 0 Å². The van der Waals surface area contributed by atoms with Gasteiger partial charge in [0.15, 0.2) is 9.84 Å². The molecular formula is C14H26N2O3S. The molecule has 1 amide bonds. The molecule has 5 nitrogen and oxygen atoms in total. The molecule has 1 aliphatic heterocycles. The van der Waals surface area contributed by atoms with E-state index in [2.05, 4.69) is 24.5 Å². The van der Waals surface area contributed by atoms with E-state index >= 15 is 0 Å². The highest BCUT2D eigenvalue weighted by molar-refractivity contribution is 7.91. The lowest BCUT2D eigenvalue weighted by Gasteiger charge is -2.35. The van der Waals surface area contributed by atoms with Gasteiger partial charge in [0.2, 0.25) is 5.91 Å². The van der Waals surface area contributed by atoms with Gasteiger partial charge in [-0.1, -0.05) is 13.8 Å². The highest BCUT2D eigenvalue weighted by Crippen LogP contribution is 2.34. The van der Waals surface area contributed by atoms with Gasteiger partial charge in [-0.2, -0.15) is 0 Å². The molecule has 1 atom stereocenters. The summed E-state index contributed by atoms with van der Waals surface area (Å²) in [6.07, 6.45) is 4.57. The average molecular weight is 302 g/mol. The van der Waals surface area contributed by atoms with Crippen molar-refractivity contribution in [2.24, 2.45) is 5.41 Å². The summed E-state index contributed by atoms with van der Waals surface area (Å²) in [6.45, 7) is 4.99. The first-order chi connectivity index (χ1) is 9.26. The lowest BCUT2D eigenvalue weighted by molar-refractivity contribution is -0.122. The Morgan fingerprint density at radius 3 is 2.55 bits per heavy atom. The van der Waals surface area contributed by atoms with E-state index in [1.807, 2.05) is 0 Å². The zero-order valence-corrected chi connectivity index (χ0v) is 13.3. The van der Waals surface area contributed by atoms with Crippen molar-refractivity contribution in [1.82, 2.24) is 10.6 Å². The van der Waals surface area contributed by atoms with Crippen LogP contribution in [0.5, 0.6) is 0 Å². The maximum absolute atomic E-state index is 12.0. The Balaban J connectivity index is 1.76. The van der Waals surface area contributed by atoms with Crippen molar-refractivity contribution in [2.75, 3.05) is 18.1 Å². The van der Waals surface area contributed by atoms with Crippen LogP contribution in [-0.2, 0) is 14.6 Å². The van der Waals surface area contributed by atoms with Gasteiger partial charge in [0, 0.05) is 25.0 Å². The molecule has 2 rings (SSSR count). The molecule has 0 aromatic carbocycles. The van der Waals surface area contributed by atoms with E-state index in [9.17, 15) is 13.2 Å². The van der Waals surface area contributed by atoms with Crippen molar-refractivity contribution in [3.8, 4) is 0 Å². The number of rotatable bonds is 3. The van der Waals surface area contributed by atoms with E-state index in [1.54, 1.807) is 0 Å². The zero-order valence-electron chi connectivity index (χ0n) is 12.4. The van der Waals surface area contributed by atoms with Crippen molar-refractivity contribution in [3.05, 3.63) is 0 Å². The van der Waals surface area contributed by atoms with Crippen molar-refractivity contribution in [3.63, 3.8) is 0 Å². The highest BCUT2D eigenvalue weighted by Gasteiger charge is 2.29. The van der Waals surface area contributed by atoms with Crippen molar-refractivity contribution in [1.29, 1.82) is 0 Å². The van der Waals surface area contributed by atoms with Crippen LogP contribution in [-0.4, -0.2) is 44.5 Å². The van der Waals surface area contributed by atoms with Crippen LogP contribution in [0.15, 0.2) is 0 Å². The van der Waals surface area contributed by atoms with Crippen LogP contribution in [0.1, 0.15) is 46.0 Å². The molecule has 1 aliphatic carbocycles. The number of hydrogen-bond acceptors (Lipinski definition) is 4. The molecule has 2 fully saturated rings. The second-order valence-corrected chi connectivity index (χ2v) is 9.20. The van der Waals surface area contributed by atoms with Gasteiger partial charge in [-0.15, -0.1) is 0 Å². The van der Waals surface area contributed by atoms with Gasteiger partial charge < -0.3 is 10.6 Å². The first-order valence-corrected chi connectivity index (χ1v) is 9.31. The Hall–Kier alpha value is -0.620. The van der Waals surface area contributed by atoms with Gasteiger partial charge in [-0.05, 0) is 31.1 Å². The van der Waals surface area contributed by atoms with Crippen molar-refractivity contribution < 1.29 is 13.2 Å². The second-order valence-electron chi connectivity index (χ2n) is 6.98. The monoisotopic (exact) mass is 302 g/mol. The SMILES string of the molecule is CC1(C)CCC(NC(=O)CC2CS(=O)(=O)CCN2)CC1. The maximum atomic E-state index is 12.0. The molecule has 1 heterocycles. The molecule has 6 heteroatoms. The zero-order chi connectivity index (χ0) is 14.8. The van der Waals surface area contributed by atoms with Gasteiger partial charge in [0.1, 0.15) is 0 Å². The van der Waals surface area contributed by atoms with Gasteiger partial charge >= 0.3 is 0 Å². The van der Waals surface area contributed by atoms with Gasteiger partial charge in [-0.25, -0.2) is 8.42 Å². The Bertz CT molecular complexity index is 449. The summed E-state index contributed by atoms with van der Waals surface area (Å²) in [7, 11) is -2.97. The maximum Gasteiger partial charge on any atom is 0.221 e. The topological polar surface area (TPSA) is 75.3 Å². The molecular weight excluding hydrogens is 276 g/mol. The standard InChI is InChI=1S/C14H26N2O3S/c1-14(2)5-3-11(4-6-14)16-13(17)9-12-10-20(18,19)8-7-15-12/h11-12,15H,3-10H2,1-2H3,(H,16,17). The third kappa shape index (κ3) is 4.74. The Morgan fingerprint density at radius 2 is 1.95 bits per heavy atom. The van der Waals surface area contributed by atoms with Crippen LogP contribution in [0.4, 0.5) is 0 Å². The molecule has 2 aliphatic rings. The smallest absolute Gasteiger partial charge is 0.221 e. The molecule has 0 radical (unpaired) electrons. The summed E-state index contributed by atoms with van der Waals surface area (Å²) in [5.74, 6) is 0.241. The molecule has 116 valence electrons. The predicted octanol–water partition coefficient (Wildman–Crippen LogP) is 0.848. The summed E-state index contributed by atoms with van der Waals surface area (Å²) < 4.78 is 23.1. The minimum atomic E-state index is -2.97. The van der Waals surface area contributed by atoms with Crippen LogP contribution in [0.25, 0.3) is 0 Å². The lowest BCUT2D eigenvalue weighted by Crippen LogP contribution is -2.48. The quantitative estimate of drug-likeness (QED) is 0.810. The number of carbonyl (C=O) groups is 1. The number of carbonyl (C=O) groups excluding carboxylic acids is 1. The fraction of sp³-hybridized carbons (Fsp3) is 0.929. The highest BCUT2D eigenvalue weighted by atomic mass is 32.2. The van der Waals surface area contributed by atoms with Gasteiger partial charge in [0.05, 0.1) is 11.5 Å². The third-order valence-electron chi connectivity index (χ3n) is 4.44. The minimum absolute atomic E-state index is 0.0238. The minimum Gasteiger partial charge on any atom is -0.353 e. The summed E-state index contributed by atoms with van der Waals surface area (Å²) in [6, 6.07) is 0.0319. The normalized spacial score (nSPS) is 29.8. The molecule has 20 heavy (non-hydrogen) atoms. The first-order valence-electron chi connectivity index (χ1n) is 7.49. The number of amides is 1. The van der Waals surface area contributed by atoms with E-state index in [0.29, 0.717) is 12.0 Å². The van der Waals surface area contributed by atoms with Crippen LogP contribution in [0.3, 0.4) is 0 Å². The van der Waals surface area contributed by atoms with Crippen LogP contribution in [0, 0.1) is 5.41 Å². The van der Waals surface area contributed by atoms with Crippen molar-refractivity contribution in [2.45, 2.75) is 58.0 Å². The van der Waals surface area contributed by atoms with E-state index in [-0.39, 0.29) is 35.9 Å². The molecule has 0 spiro atoms. The van der Waals surface area contributed by atoms with E-state index in [1.165, 1.54) is 0 Å². The predicted molar refractivity (Wildman–Crippen MR) is 79.2 cm³/mol. The fourth-order valence-electron chi connectivity index (χ4n) is 3.05. The van der Waals surface area contributed by atoms with Crippen LogP contribution < -0.4 is 10.6 Å². The second kappa shape index (κ2) is 6.02. The van der Waals surface area contributed by atoms with Gasteiger partial charge in [0.25, 0.3) is 0 Å². The number of sulfone groups is 1. The van der Waals surface area contributed by atoms with E-state index < -0.39 is 9.84 Å². The lowest BCUT2D eigenvalue weighted by atomic mass is 9.75. The van der Waals surface area contributed by atoms with Crippen LogP contribution >= 0.6 is 0 Å². The largest absolute Gasteiger partial charge is 0.353 e. The summed E-state index contributed by atoms with van der Waals surface area (Å²) >= 11 is 0. The average Bonchev–Trinajstić information content (AvgIpc) is 2.30. The van der Waals surface area contributed by atoms with Crippen molar-refractivity contribution >= 4 is 15.7 Å². The molecule has 1 unspecified atom stereocenters. The summed E-state index contributed by atoms with van der Waals surface area (Å²) in [4.78, 5) is 12.0. The molecule has 2 N–H and O–H groups in total. The molecule has 1 saturated heterocycles. The molecule has 0 aromatic heterocycles. The Kier molecular flexibility index (Phi) is 4.74. The number of nitrogens with one attached hydrogen (secondary N) is 2. The first kappa shape index (κ1) is 15.8.